The third-order valence-electron chi connectivity index (χ3n) is 4.04. The third kappa shape index (κ3) is 3.61. The Hall–Kier alpha value is -1.89. The largest absolute Gasteiger partial charge is 0.341 e. The molecule has 6 nitrogen and oxygen atoms in total. The molecular formula is C17H23N5OS. The molecule has 0 N–H and O–H groups in total. The van der Waals surface area contributed by atoms with Crippen LogP contribution in [0, 0.1) is 0 Å². The predicted octanol–water partition coefficient (Wildman–Crippen LogP) is 2.88. The third-order valence-corrected chi connectivity index (χ3v) is 5.22. The van der Waals surface area contributed by atoms with Gasteiger partial charge < -0.3 is 4.90 Å². The standard InChI is InChI=1S/C17H23N5OS/c1-17(2,3)22-16(18-19-20-22)24-14(13-9-5-4-6-10-13)15(23)21-11-7-8-12-21/h4-6,9-10,14H,7-8,11-12H2,1-3H3. The highest BCUT2D eigenvalue weighted by Gasteiger charge is 2.31. The number of hydrogen-bond donors (Lipinski definition) is 0. The van der Waals surface area contributed by atoms with Gasteiger partial charge in [0.15, 0.2) is 0 Å². The number of carbonyl (C=O) groups is 1. The van der Waals surface area contributed by atoms with E-state index in [4.69, 9.17) is 0 Å². The van der Waals surface area contributed by atoms with Gasteiger partial charge in [-0.3, -0.25) is 4.79 Å². The summed E-state index contributed by atoms with van der Waals surface area (Å²) in [5, 5.41) is 12.4. The average molecular weight is 345 g/mol. The summed E-state index contributed by atoms with van der Waals surface area (Å²) in [7, 11) is 0. The quantitative estimate of drug-likeness (QED) is 0.797. The van der Waals surface area contributed by atoms with Crippen molar-refractivity contribution in [2.75, 3.05) is 13.1 Å². The molecule has 1 aromatic carbocycles. The first kappa shape index (κ1) is 17.0. The van der Waals surface area contributed by atoms with Gasteiger partial charge in [0.25, 0.3) is 0 Å². The Morgan fingerprint density at radius 3 is 2.46 bits per heavy atom. The molecule has 7 heteroatoms. The second-order valence-electron chi connectivity index (χ2n) is 6.99. The van der Waals surface area contributed by atoms with Gasteiger partial charge in [-0.25, -0.2) is 4.68 Å². The lowest BCUT2D eigenvalue weighted by Gasteiger charge is -2.24. The molecular weight excluding hydrogens is 322 g/mol. The van der Waals surface area contributed by atoms with Gasteiger partial charge in [-0.05, 0) is 49.6 Å². The highest BCUT2D eigenvalue weighted by molar-refractivity contribution is 8.00. The Kier molecular flexibility index (Phi) is 4.89. The van der Waals surface area contributed by atoms with E-state index in [9.17, 15) is 4.79 Å². The normalized spacial score (nSPS) is 16.4. The monoisotopic (exact) mass is 345 g/mol. The number of aromatic nitrogens is 4. The van der Waals surface area contributed by atoms with E-state index in [0.717, 1.165) is 31.5 Å². The van der Waals surface area contributed by atoms with Crippen molar-refractivity contribution >= 4 is 17.7 Å². The van der Waals surface area contributed by atoms with Crippen LogP contribution in [0.2, 0.25) is 0 Å². The summed E-state index contributed by atoms with van der Waals surface area (Å²) < 4.78 is 1.78. The summed E-state index contributed by atoms with van der Waals surface area (Å²) in [4.78, 5) is 15.0. The molecule has 1 aliphatic heterocycles. The van der Waals surface area contributed by atoms with Crippen LogP contribution in [0.15, 0.2) is 35.5 Å². The van der Waals surface area contributed by atoms with Crippen LogP contribution in [0.25, 0.3) is 0 Å². The Labute approximate surface area is 146 Å². The zero-order valence-corrected chi connectivity index (χ0v) is 15.2. The molecule has 1 saturated heterocycles. The molecule has 24 heavy (non-hydrogen) atoms. The Morgan fingerprint density at radius 1 is 1.17 bits per heavy atom. The van der Waals surface area contributed by atoms with Gasteiger partial charge in [-0.15, -0.1) is 5.10 Å². The smallest absolute Gasteiger partial charge is 0.240 e. The van der Waals surface area contributed by atoms with Crippen LogP contribution >= 0.6 is 11.8 Å². The minimum atomic E-state index is -0.323. The second-order valence-corrected chi connectivity index (χ2v) is 8.06. The van der Waals surface area contributed by atoms with Crippen LogP contribution in [0.3, 0.4) is 0 Å². The summed E-state index contributed by atoms with van der Waals surface area (Å²) in [6.45, 7) is 7.83. The van der Waals surface area contributed by atoms with Crippen molar-refractivity contribution in [3.8, 4) is 0 Å². The van der Waals surface area contributed by atoms with E-state index < -0.39 is 0 Å². The number of likely N-dealkylation sites (tertiary alicyclic amines) is 1. The zero-order valence-electron chi connectivity index (χ0n) is 14.3. The predicted molar refractivity (Wildman–Crippen MR) is 93.7 cm³/mol. The number of tetrazole rings is 1. The van der Waals surface area contributed by atoms with Crippen molar-refractivity contribution in [1.82, 2.24) is 25.1 Å². The maximum absolute atomic E-state index is 13.1. The van der Waals surface area contributed by atoms with E-state index in [2.05, 4.69) is 15.5 Å². The first-order chi connectivity index (χ1) is 11.5. The fourth-order valence-electron chi connectivity index (χ4n) is 2.77. The van der Waals surface area contributed by atoms with Gasteiger partial charge in [0.2, 0.25) is 11.1 Å². The van der Waals surface area contributed by atoms with Crippen LogP contribution in [0.1, 0.15) is 44.4 Å². The molecule has 0 aliphatic carbocycles. The van der Waals surface area contributed by atoms with E-state index in [1.807, 2.05) is 56.0 Å². The Balaban J connectivity index is 1.91. The molecule has 2 heterocycles. The molecule has 1 amide bonds. The number of amides is 1. The van der Waals surface area contributed by atoms with Gasteiger partial charge in [0, 0.05) is 13.1 Å². The molecule has 0 radical (unpaired) electrons. The molecule has 1 aliphatic rings. The van der Waals surface area contributed by atoms with Gasteiger partial charge in [0.1, 0.15) is 5.25 Å². The molecule has 1 fully saturated rings. The molecule has 1 unspecified atom stereocenters. The minimum Gasteiger partial charge on any atom is -0.341 e. The number of thioether (sulfide) groups is 1. The van der Waals surface area contributed by atoms with Crippen LogP contribution in [0.5, 0.6) is 0 Å². The Bertz CT molecular complexity index is 689. The van der Waals surface area contributed by atoms with E-state index in [0.29, 0.717) is 5.16 Å². The number of nitrogens with zero attached hydrogens (tertiary/aromatic N) is 5. The molecule has 1 atom stereocenters. The first-order valence-electron chi connectivity index (χ1n) is 8.26. The van der Waals surface area contributed by atoms with E-state index in [1.54, 1.807) is 4.68 Å². The lowest BCUT2D eigenvalue weighted by atomic mass is 10.1. The van der Waals surface area contributed by atoms with E-state index >= 15 is 0 Å². The van der Waals surface area contributed by atoms with Gasteiger partial charge in [-0.1, -0.05) is 42.1 Å². The van der Waals surface area contributed by atoms with Crippen molar-refractivity contribution in [2.24, 2.45) is 0 Å². The number of rotatable bonds is 4. The van der Waals surface area contributed by atoms with Crippen LogP contribution < -0.4 is 0 Å². The molecule has 0 saturated carbocycles. The molecule has 3 rings (SSSR count). The number of hydrogen-bond acceptors (Lipinski definition) is 5. The van der Waals surface area contributed by atoms with Crippen LogP contribution in [0.4, 0.5) is 0 Å². The maximum Gasteiger partial charge on any atom is 0.240 e. The van der Waals surface area contributed by atoms with Gasteiger partial charge in [0.05, 0.1) is 5.54 Å². The van der Waals surface area contributed by atoms with Crippen LogP contribution in [-0.2, 0) is 10.3 Å². The van der Waals surface area contributed by atoms with E-state index in [-0.39, 0.29) is 16.7 Å². The van der Waals surface area contributed by atoms with Crippen LogP contribution in [-0.4, -0.2) is 44.1 Å². The highest BCUT2D eigenvalue weighted by Crippen LogP contribution is 2.37. The second kappa shape index (κ2) is 6.93. The minimum absolute atomic E-state index is 0.146. The zero-order chi connectivity index (χ0) is 17.2. The highest BCUT2D eigenvalue weighted by atomic mass is 32.2. The number of benzene rings is 1. The maximum atomic E-state index is 13.1. The summed E-state index contributed by atoms with van der Waals surface area (Å²) in [6, 6.07) is 9.89. The van der Waals surface area contributed by atoms with Crippen molar-refractivity contribution in [2.45, 2.75) is 49.6 Å². The summed E-state index contributed by atoms with van der Waals surface area (Å²) in [6.07, 6.45) is 2.16. The molecule has 0 spiro atoms. The summed E-state index contributed by atoms with van der Waals surface area (Å²) in [5.74, 6) is 0.146. The lowest BCUT2D eigenvalue weighted by molar-refractivity contribution is -0.129. The van der Waals surface area contributed by atoms with Gasteiger partial charge >= 0.3 is 0 Å². The fraction of sp³-hybridized carbons (Fsp3) is 0.529. The van der Waals surface area contributed by atoms with Gasteiger partial charge in [-0.2, -0.15) is 0 Å². The first-order valence-corrected chi connectivity index (χ1v) is 9.14. The molecule has 2 aromatic rings. The fourth-order valence-corrected chi connectivity index (χ4v) is 4.02. The number of carbonyl (C=O) groups excluding carboxylic acids is 1. The van der Waals surface area contributed by atoms with Crippen molar-refractivity contribution in [1.29, 1.82) is 0 Å². The molecule has 1 aromatic heterocycles. The average Bonchev–Trinajstić information content (AvgIpc) is 3.23. The topological polar surface area (TPSA) is 63.9 Å². The summed E-state index contributed by atoms with van der Waals surface area (Å²) in [5.41, 5.74) is 0.756. The van der Waals surface area contributed by atoms with Crippen molar-refractivity contribution < 1.29 is 4.79 Å². The van der Waals surface area contributed by atoms with Crippen molar-refractivity contribution in [3.05, 3.63) is 35.9 Å². The molecule has 128 valence electrons. The SMILES string of the molecule is CC(C)(C)n1nnnc1SC(C(=O)N1CCCC1)c1ccccc1. The summed E-state index contributed by atoms with van der Waals surface area (Å²) >= 11 is 1.43. The lowest BCUT2D eigenvalue weighted by Crippen LogP contribution is -2.32. The van der Waals surface area contributed by atoms with E-state index in [1.165, 1.54) is 11.8 Å². The van der Waals surface area contributed by atoms with Crippen molar-refractivity contribution in [3.63, 3.8) is 0 Å². The molecule has 0 bridgehead atoms. The Morgan fingerprint density at radius 2 is 1.83 bits per heavy atom.